The fourth-order valence-electron chi connectivity index (χ4n) is 2.65. The van der Waals surface area contributed by atoms with Crippen LogP contribution >= 0.6 is 0 Å². The smallest absolute Gasteiger partial charge is 0.269 e. The average molecular weight is 281 g/mol. The normalized spacial score (nSPS) is 13.1. The summed E-state index contributed by atoms with van der Waals surface area (Å²) in [5, 5.41) is 2.87. The van der Waals surface area contributed by atoms with Crippen molar-refractivity contribution in [1.29, 1.82) is 0 Å². The zero-order chi connectivity index (χ0) is 14.7. The van der Waals surface area contributed by atoms with Crippen LogP contribution in [0.1, 0.15) is 29.4 Å². The summed E-state index contributed by atoms with van der Waals surface area (Å²) in [4.78, 5) is 18.4. The number of carbonyl (C=O) groups excluding carboxylic acids is 1. The van der Waals surface area contributed by atoms with Gasteiger partial charge in [0.2, 0.25) is 0 Å². The highest BCUT2D eigenvalue weighted by Gasteiger charge is 2.20. The molecule has 21 heavy (non-hydrogen) atoms. The molecule has 0 saturated heterocycles. The molecule has 2 heterocycles. The molecule has 0 aliphatic carbocycles. The Morgan fingerprint density at radius 3 is 3.05 bits per heavy atom. The van der Waals surface area contributed by atoms with E-state index in [2.05, 4.69) is 33.4 Å². The summed E-state index contributed by atoms with van der Waals surface area (Å²) in [6.45, 7) is 3.65. The Kier molecular flexibility index (Phi) is 3.86. The summed E-state index contributed by atoms with van der Waals surface area (Å²) in [7, 11) is 0. The maximum atomic E-state index is 12.0. The number of carbonyl (C=O) groups is 1. The van der Waals surface area contributed by atoms with Crippen LogP contribution in [0.4, 0.5) is 11.4 Å². The molecule has 0 saturated carbocycles. The van der Waals surface area contributed by atoms with Gasteiger partial charge in [0.1, 0.15) is 5.69 Å². The van der Waals surface area contributed by atoms with Gasteiger partial charge >= 0.3 is 0 Å². The second-order valence-electron chi connectivity index (χ2n) is 5.19. The zero-order valence-electron chi connectivity index (χ0n) is 12.2. The fourth-order valence-corrected chi connectivity index (χ4v) is 2.65. The molecular weight excluding hydrogens is 262 g/mol. The minimum Gasteiger partial charge on any atom is -0.351 e. The van der Waals surface area contributed by atoms with Gasteiger partial charge in [-0.2, -0.15) is 0 Å². The SMILES string of the molecule is CCCNC(=O)c1cc(N2CCc3ccccc32)ccn1. The Labute approximate surface area is 124 Å². The molecule has 3 rings (SSSR count). The fraction of sp³-hybridized carbons (Fsp3) is 0.294. The second-order valence-corrected chi connectivity index (χ2v) is 5.19. The highest BCUT2D eigenvalue weighted by atomic mass is 16.1. The Hall–Kier alpha value is -2.36. The molecule has 4 heteroatoms. The molecular formula is C17H19N3O. The first-order valence-corrected chi connectivity index (χ1v) is 7.39. The summed E-state index contributed by atoms with van der Waals surface area (Å²) in [6.07, 6.45) is 3.66. The molecule has 1 aliphatic heterocycles. The van der Waals surface area contributed by atoms with E-state index >= 15 is 0 Å². The van der Waals surface area contributed by atoms with Gasteiger partial charge in [0.25, 0.3) is 5.91 Å². The number of benzene rings is 1. The van der Waals surface area contributed by atoms with E-state index in [0.717, 1.165) is 25.1 Å². The monoisotopic (exact) mass is 281 g/mol. The number of anilines is 2. The lowest BCUT2D eigenvalue weighted by molar-refractivity contribution is 0.0948. The summed E-state index contributed by atoms with van der Waals surface area (Å²) >= 11 is 0. The Bertz CT molecular complexity index is 654. The van der Waals surface area contributed by atoms with Crippen LogP contribution in [0, 0.1) is 0 Å². The van der Waals surface area contributed by atoms with Gasteiger partial charge < -0.3 is 10.2 Å². The van der Waals surface area contributed by atoms with Gasteiger partial charge in [-0.1, -0.05) is 25.1 Å². The number of pyridine rings is 1. The Morgan fingerprint density at radius 2 is 2.19 bits per heavy atom. The van der Waals surface area contributed by atoms with Gasteiger partial charge in [-0.3, -0.25) is 9.78 Å². The van der Waals surface area contributed by atoms with Crippen LogP contribution in [0.15, 0.2) is 42.6 Å². The van der Waals surface area contributed by atoms with E-state index in [-0.39, 0.29) is 5.91 Å². The first kappa shape index (κ1) is 13.6. The lowest BCUT2D eigenvalue weighted by Gasteiger charge is -2.19. The largest absolute Gasteiger partial charge is 0.351 e. The summed E-state index contributed by atoms with van der Waals surface area (Å²) < 4.78 is 0. The first-order valence-electron chi connectivity index (χ1n) is 7.39. The molecule has 0 spiro atoms. The van der Waals surface area contributed by atoms with Crippen molar-refractivity contribution in [1.82, 2.24) is 10.3 Å². The predicted molar refractivity (Wildman–Crippen MR) is 84.0 cm³/mol. The second kappa shape index (κ2) is 5.95. The van der Waals surface area contributed by atoms with Gasteiger partial charge in [0.05, 0.1) is 0 Å². The quantitative estimate of drug-likeness (QED) is 0.937. The third kappa shape index (κ3) is 2.75. The number of hydrogen-bond donors (Lipinski definition) is 1. The van der Waals surface area contributed by atoms with Crippen molar-refractivity contribution in [3.8, 4) is 0 Å². The van der Waals surface area contributed by atoms with Crippen molar-refractivity contribution in [3.63, 3.8) is 0 Å². The van der Waals surface area contributed by atoms with Gasteiger partial charge in [0.15, 0.2) is 0 Å². The minimum atomic E-state index is -0.105. The van der Waals surface area contributed by atoms with E-state index in [1.807, 2.05) is 25.1 Å². The van der Waals surface area contributed by atoms with Crippen molar-refractivity contribution in [2.24, 2.45) is 0 Å². The maximum absolute atomic E-state index is 12.0. The van der Waals surface area contributed by atoms with Gasteiger partial charge in [-0.25, -0.2) is 0 Å². The molecule has 0 atom stereocenters. The van der Waals surface area contributed by atoms with Crippen molar-refractivity contribution in [3.05, 3.63) is 53.9 Å². The third-order valence-corrected chi connectivity index (χ3v) is 3.71. The highest BCUT2D eigenvalue weighted by molar-refractivity contribution is 5.93. The molecule has 2 aromatic rings. The van der Waals surface area contributed by atoms with Gasteiger partial charge in [0, 0.05) is 30.7 Å². The van der Waals surface area contributed by atoms with E-state index in [9.17, 15) is 4.79 Å². The Balaban J connectivity index is 1.86. The first-order chi connectivity index (χ1) is 10.3. The molecule has 1 N–H and O–H groups in total. The number of fused-ring (bicyclic) bond motifs is 1. The molecule has 0 bridgehead atoms. The molecule has 0 radical (unpaired) electrons. The predicted octanol–water partition coefficient (Wildman–Crippen LogP) is 2.92. The molecule has 0 unspecified atom stereocenters. The van der Waals surface area contributed by atoms with E-state index in [0.29, 0.717) is 12.2 Å². The van der Waals surface area contributed by atoms with Crippen LogP contribution in [-0.4, -0.2) is 24.0 Å². The number of para-hydroxylation sites is 1. The van der Waals surface area contributed by atoms with Crippen LogP contribution in [0.3, 0.4) is 0 Å². The highest BCUT2D eigenvalue weighted by Crippen LogP contribution is 2.34. The Morgan fingerprint density at radius 1 is 1.33 bits per heavy atom. The van der Waals surface area contributed by atoms with Crippen LogP contribution < -0.4 is 10.2 Å². The molecule has 1 aliphatic rings. The van der Waals surface area contributed by atoms with Gasteiger partial charge in [-0.05, 0) is 36.6 Å². The number of rotatable bonds is 4. The minimum absolute atomic E-state index is 0.105. The lowest BCUT2D eigenvalue weighted by Crippen LogP contribution is -2.25. The number of amides is 1. The van der Waals surface area contributed by atoms with Crippen molar-refractivity contribution in [2.75, 3.05) is 18.0 Å². The van der Waals surface area contributed by atoms with Crippen molar-refractivity contribution in [2.45, 2.75) is 19.8 Å². The van der Waals surface area contributed by atoms with Crippen molar-refractivity contribution < 1.29 is 4.79 Å². The molecule has 108 valence electrons. The molecule has 1 amide bonds. The van der Waals surface area contributed by atoms with Crippen LogP contribution in [0.5, 0.6) is 0 Å². The average Bonchev–Trinajstić information content (AvgIpc) is 2.97. The lowest BCUT2D eigenvalue weighted by atomic mass is 10.2. The molecule has 1 aromatic carbocycles. The van der Waals surface area contributed by atoms with Crippen LogP contribution in [0.2, 0.25) is 0 Å². The van der Waals surface area contributed by atoms with E-state index in [4.69, 9.17) is 0 Å². The summed E-state index contributed by atoms with van der Waals surface area (Å²) in [5.74, 6) is -0.105. The van der Waals surface area contributed by atoms with E-state index in [1.165, 1.54) is 11.3 Å². The van der Waals surface area contributed by atoms with E-state index < -0.39 is 0 Å². The number of nitrogens with zero attached hydrogens (tertiary/aromatic N) is 2. The number of nitrogens with one attached hydrogen (secondary N) is 1. The van der Waals surface area contributed by atoms with E-state index in [1.54, 1.807) is 6.20 Å². The zero-order valence-corrected chi connectivity index (χ0v) is 12.2. The molecule has 1 aromatic heterocycles. The van der Waals surface area contributed by atoms with Gasteiger partial charge in [-0.15, -0.1) is 0 Å². The number of hydrogen-bond acceptors (Lipinski definition) is 3. The van der Waals surface area contributed by atoms with Crippen LogP contribution in [-0.2, 0) is 6.42 Å². The summed E-state index contributed by atoms with van der Waals surface area (Å²) in [5.41, 5.74) is 4.08. The van der Waals surface area contributed by atoms with Crippen molar-refractivity contribution >= 4 is 17.3 Å². The molecule has 4 nitrogen and oxygen atoms in total. The third-order valence-electron chi connectivity index (χ3n) is 3.71. The summed E-state index contributed by atoms with van der Waals surface area (Å²) in [6, 6.07) is 12.2. The number of aromatic nitrogens is 1. The standard InChI is InChI=1S/C17H19N3O/c1-2-9-19-17(21)15-12-14(7-10-18-15)20-11-8-13-5-3-4-6-16(13)20/h3-7,10,12H,2,8-9,11H2,1H3,(H,19,21). The molecule has 0 fully saturated rings. The topological polar surface area (TPSA) is 45.2 Å². The van der Waals surface area contributed by atoms with Crippen LogP contribution in [0.25, 0.3) is 0 Å². The maximum Gasteiger partial charge on any atom is 0.269 e.